The van der Waals surface area contributed by atoms with Gasteiger partial charge in [0.15, 0.2) is 0 Å². The average Bonchev–Trinajstić information content (AvgIpc) is 2.88. The minimum atomic E-state index is -0.205. The van der Waals surface area contributed by atoms with E-state index in [-0.39, 0.29) is 11.8 Å². The van der Waals surface area contributed by atoms with Crippen LogP contribution in [-0.2, 0) is 0 Å². The molecule has 1 atom stereocenters. The molecule has 3 aromatic rings. The van der Waals surface area contributed by atoms with Crippen molar-refractivity contribution in [3.63, 3.8) is 0 Å². The summed E-state index contributed by atoms with van der Waals surface area (Å²) in [5.41, 5.74) is 1.69. The van der Waals surface area contributed by atoms with Crippen molar-refractivity contribution in [2.75, 3.05) is 0 Å². The van der Waals surface area contributed by atoms with Crippen LogP contribution < -0.4 is 0 Å². The minimum Gasteiger partial charge on any atom is -0.508 e. The molecule has 0 aliphatic rings. The number of nitrogens with zero attached hydrogens (tertiary/aromatic N) is 3. The highest BCUT2D eigenvalue weighted by molar-refractivity contribution is 7.21. The molecular weight excluding hydrogens is 270 g/mol. The van der Waals surface area contributed by atoms with Gasteiger partial charge in [-0.2, -0.15) is 5.11 Å². The smallest absolute Gasteiger partial charge is 0.230 e. The maximum atomic E-state index is 9.78. The number of phenols is 1. The van der Waals surface area contributed by atoms with E-state index in [1.165, 1.54) is 11.3 Å². The van der Waals surface area contributed by atoms with Crippen molar-refractivity contribution >= 4 is 26.7 Å². The molecule has 1 N–H and O–H groups in total. The third-order valence-corrected chi connectivity index (χ3v) is 3.91. The Morgan fingerprint density at radius 1 is 1.10 bits per heavy atom. The van der Waals surface area contributed by atoms with E-state index in [0.29, 0.717) is 5.13 Å². The molecule has 0 aliphatic heterocycles. The van der Waals surface area contributed by atoms with Gasteiger partial charge in [0.1, 0.15) is 5.75 Å². The van der Waals surface area contributed by atoms with Gasteiger partial charge in [-0.05, 0) is 25.1 Å². The number of rotatable bonds is 3. The Labute approximate surface area is 120 Å². The number of hydrogen-bond donors (Lipinski definition) is 1. The third-order valence-electron chi connectivity index (χ3n) is 2.99. The van der Waals surface area contributed by atoms with Crippen LogP contribution in [0.2, 0.25) is 0 Å². The quantitative estimate of drug-likeness (QED) is 0.699. The lowest BCUT2D eigenvalue weighted by Crippen LogP contribution is -1.88. The number of fused-ring (bicyclic) bond motifs is 1. The highest BCUT2D eigenvalue weighted by Crippen LogP contribution is 2.31. The zero-order chi connectivity index (χ0) is 13.9. The van der Waals surface area contributed by atoms with Crippen molar-refractivity contribution in [2.24, 2.45) is 10.2 Å². The second-order valence-electron chi connectivity index (χ2n) is 4.41. The maximum Gasteiger partial charge on any atom is 0.230 e. The fourth-order valence-electron chi connectivity index (χ4n) is 1.94. The molecule has 3 rings (SSSR count). The monoisotopic (exact) mass is 283 g/mol. The van der Waals surface area contributed by atoms with Crippen LogP contribution in [0.3, 0.4) is 0 Å². The maximum absolute atomic E-state index is 9.78. The van der Waals surface area contributed by atoms with Crippen molar-refractivity contribution in [1.29, 1.82) is 0 Å². The Morgan fingerprint density at radius 3 is 2.65 bits per heavy atom. The molecule has 1 aromatic heterocycles. The Kier molecular flexibility index (Phi) is 3.43. The van der Waals surface area contributed by atoms with Crippen molar-refractivity contribution in [1.82, 2.24) is 4.98 Å². The standard InChI is InChI=1S/C15H13N3OS/c1-10(11-6-2-4-8-13(11)19)17-18-15-16-12-7-3-5-9-14(12)20-15/h2-10,19H,1H3/b18-17+. The molecule has 0 saturated carbocycles. The van der Waals surface area contributed by atoms with Crippen LogP contribution in [0.1, 0.15) is 18.5 Å². The van der Waals surface area contributed by atoms with Crippen LogP contribution >= 0.6 is 11.3 Å². The highest BCUT2D eigenvalue weighted by atomic mass is 32.1. The first kappa shape index (κ1) is 12.7. The zero-order valence-corrected chi connectivity index (χ0v) is 11.7. The topological polar surface area (TPSA) is 57.8 Å². The summed E-state index contributed by atoms with van der Waals surface area (Å²) in [7, 11) is 0. The summed E-state index contributed by atoms with van der Waals surface area (Å²) in [4.78, 5) is 4.40. The number of thiazole rings is 1. The largest absolute Gasteiger partial charge is 0.508 e. The highest BCUT2D eigenvalue weighted by Gasteiger charge is 2.09. The molecule has 0 spiro atoms. The molecule has 1 heterocycles. The molecule has 0 fully saturated rings. The van der Waals surface area contributed by atoms with Gasteiger partial charge in [0.05, 0.1) is 16.3 Å². The van der Waals surface area contributed by atoms with Gasteiger partial charge in [0.2, 0.25) is 5.13 Å². The second kappa shape index (κ2) is 5.38. The van der Waals surface area contributed by atoms with E-state index < -0.39 is 0 Å². The summed E-state index contributed by atoms with van der Waals surface area (Å²) < 4.78 is 1.09. The number of azo groups is 1. The van der Waals surface area contributed by atoms with Crippen LogP contribution in [0.25, 0.3) is 10.2 Å². The van der Waals surface area contributed by atoms with Crippen molar-refractivity contribution in [2.45, 2.75) is 13.0 Å². The van der Waals surface area contributed by atoms with E-state index >= 15 is 0 Å². The number of benzene rings is 2. The summed E-state index contributed by atoms with van der Waals surface area (Å²) in [5.74, 6) is 0.239. The van der Waals surface area contributed by atoms with Crippen molar-refractivity contribution < 1.29 is 5.11 Å². The van der Waals surface area contributed by atoms with E-state index in [1.54, 1.807) is 12.1 Å². The van der Waals surface area contributed by atoms with Gasteiger partial charge in [-0.1, -0.05) is 41.7 Å². The Balaban J connectivity index is 1.85. The van der Waals surface area contributed by atoms with Gasteiger partial charge in [0, 0.05) is 5.56 Å². The molecule has 100 valence electrons. The van der Waals surface area contributed by atoms with Crippen molar-refractivity contribution in [3.8, 4) is 5.75 Å². The van der Waals surface area contributed by atoms with Gasteiger partial charge < -0.3 is 5.11 Å². The van der Waals surface area contributed by atoms with E-state index in [9.17, 15) is 5.11 Å². The molecule has 0 saturated heterocycles. The lowest BCUT2D eigenvalue weighted by atomic mass is 10.1. The SMILES string of the molecule is CC(/N=N/c1nc2ccccc2s1)c1ccccc1O. The van der Waals surface area contributed by atoms with Crippen LogP contribution in [0.4, 0.5) is 5.13 Å². The number of phenolic OH excluding ortho intramolecular Hbond substituents is 1. The lowest BCUT2D eigenvalue weighted by molar-refractivity contribution is 0.463. The first-order valence-corrected chi connectivity index (χ1v) is 7.10. The number of hydrogen-bond acceptors (Lipinski definition) is 5. The molecule has 0 radical (unpaired) electrons. The molecule has 1 unspecified atom stereocenters. The molecule has 4 nitrogen and oxygen atoms in total. The van der Waals surface area contributed by atoms with Gasteiger partial charge in [-0.3, -0.25) is 0 Å². The van der Waals surface area contributed by atoms with Gasteiger partial charge >= 0.3 is 0 Å². The summed E-state index contributed by atoms with van der Waals surface area (Å²) in [6, 6.07) is 14.9. The summed E-state index contributed by atoms with van der Waals surface area (Å²) >= 11 is 1.50. The van der Waals surface area contributed by atoms with E-state index in [4.69, 9.17) is 0 Å². The number of aromatic hydroxyl groups is 1. The van der Waals surface area contributed by atoms with Gasteiger partial charge in [-0.25, -0.2) is 4.98 Å². The fourth-order valence-corrected chi connectivity index (χ4v) is 2.74. The molecule has 20 heavy (non-hydrogen) atoms. The first-order valence-electron chi connectivity index (χ1n) is 6.28. The molecule has 5 heteroatoms. The fraction of sp³-hybridized carbons (Fsp3) is 0.133. The van der Waals surface area contributed by atoms with E-state index in [2.05, 4.69) is 15.2 Å². The molecular formula is C15H13N3OS. The van der Waals surface area contributed by atoms with Crippen LogP contribution in [0, 0.1) is 0 Å². The van der Waals surface area contributed by atoms with Crippen LogP contribution in [-0.4, -0.2) is 10.1 Å². The molecule has 0 amide bonds. The molecule has 0 bridgehead atoms. The molecule has 2 aromatic carbocycles. The minimum absolute atomic E-state index is 0.205. The predicted octanol–water partition coefficient (Wildman–Crippen LogP) is 4.85. The normalized spacial score (nSPS) is 13.1. The second-order valence-corrected chi connectivity index (χ2v) is 5.42. The lowest BCUT2D eigenvalue weighted by Gasteiger charge is -2.06. The van der Waals surface area contributed by atoms with E-state index in [0.717, 1.165) is 15.8 Å². The Hall–Kier alpha value is -2.27. The average molecular weight is 283 g/mol. The summed E-state index contributed by atoms with van der Waals surface area (Å²) in [6.07, 6.45) is 0. The summed E-state index contributed by atoms with van der Waals surface area (Å²) in [6.45, 7) is 1.89. The molecule has 0 aliphatic carbocycles. The van der Waals surface area contributed by atoms with Gasteiger partial charge in [0.25, 0.3) is 0 Å². The summed E-state index contributed by atoms with van der Waals surface area (Å²) in [5, 5.41) is 18.8. The van der Waals surface area contributed by atoms with E-state index in [1.807, 2.05) is 43.3 Å². The zero-order valence-electron chi connectivity index (χ0n) is 10.9. The van der Waals surface area contributed by atoms with Crippen LogP contribution in [0.5, 0.6) is 5.75 Å². The third kappa shape index (κ3) is 2.53. The number of para-hydroxylation sites is 2. The predicted molar refractivity (Wildman–Crippen MR) is 80.7 cm³/mol. The van der Waals surface area contributed by atoms with Crippen LogP contribution in [0.15, 0.2) is 58.8 Å². The Morgan fingerprint density at radius 2 is 1.85 bits per heavy atom. The first-order chi connectivity index (χ1) is 9.74. The van der Waals surface area contributed by atoms with Crippen molar-refractivity contribution in [3.05, 3.63) is 54.1 Å². The Bertz CT molecular complexity index is 733. The van der Waals surface area contributed by atoms with Gasteiger partial charge in [-0.15, -0.1) is 5.11 Å². The number of aromatic nitrogens is 1.